The molecule has 0 aromatic heterocycles. The van der Waals surface area contributed by atoms with E-state index in [0.29, 0.717) is 5.92 Å². The zero-order valence-electron chi connectivity index (χ0n) is 11.6. The van der Waals surface area contributed by atoms with Crippen LogP contribution in [0.1, 0.15) is 52.4 Å². The minimum Gasteiger partial charge on any atom is -0.330 e. The minimum absolute atomic E-state index is 0.663. The predicted octanol–water partition coefficient (Wildman–Crippen LogP) is 3.99. The Balaban J connectivity index is 1.86. The van der Waals surface area contributed by atoms with E-state index in [9.17, 15) is 0 Å². The minimum atomic E-state index is 0.663. The SMILES string of the molecule is CCC(C)C1CCC(C2CC=CC(CN)C2)C1. The molecule has 1 heteroatoms. The van der Waals surface area contributed by atoms with Crippen LogP contribution >= 0.6 is 0 Å². The van der Waals surface area contributed by atoms with E-state index in [-0.39, 0.29) is 0 Å². The van der Waals surface area contributed by atoms with Crippen LogP contribution < -0.4 is 5.73 Å². The Bertz CT molecular complexity index is 258. The molecule has 2 aliphatic carbocycles. The van der Waals surface area contributed by atoms with Crippen LogP contribution in [0.15, 0.2) is 12.2 Å². The lowest BCUT2D eigenvalue weighted by Gasteiger charge is -2.29. The fourth-order valence-corrected chi connectivity index (χ4v) is 3.90. The molecule has 0 aromatic carbocycles. The fraction of sp³-hybridized carbons (Fsp3) is 0.875. The molecule has 98 valence electrons. The van der Waals surface area contributed by atoms with Crippen LogP contribution in [0.2, 0.25) is 0 Å². The normalized spacial score (nSPS) is 39.5. The lowest BCUT2D eigenvalue weighted by Crippen LogP contribution is -2.23. The largest absolute Gasteiger partial charge is 0.330 e. The van der Waals surface area contributed by atoms with Crippen molar-refractivity contribution in [1.82, 2.24) is 0 Å². The zero-order valence-corrected chi connectivity index (χ0v) is 11.6. The second-order valence-corrected chi connectivity index (χ2v) is 6.37. The Kier molecular flexibility index (Phi) is 4.67. The first-order valence-electron chi connectivity index (χ1n) is 7.61. The molecule has 2 aliphatic rings. The standard InChI is InChI=1S/C16H29N/c1-3-12(2)14-7-8-16(10-14)15-6-4-5-13(9-15)11-17/h4-5,12-16H,3,6-11,17H2,1-2H3. The van der Waals surface area contributed by atoms with Gasteiger partial charge < -0.3 is 5.73 Å². The molecule has 0 spiro atoms. The van der Waals surface area contributed by atoms with Crippen LogP contribution in [-0.4, -0.2) is 6.54 Å². The summed E-state index contributed by atoms with van der Waals surface area (Å²) < 4.78 is 0. The second-order valence-electron chi connectivity index (χ2n) is 6.37. The summed E-state index contributed by atoms with van der Waals surface area (Å²) in [6.45, 7) is 5.62. The van der Waals surface area contributed by atoms with E-state index >= 15 is 0 Å². The van der Waals surface area contributed by atoms with Gasteiger partial charge in [0.05, 0.1) is 0 Å². The molecule has 1 saturated carbocycles. The van der Waals surface area contributed by atoms with Gasteiger partial charge in [-0.05, 0) is 68.2 Å². The van der Waals surface area contributed by atoms with Gasteiger partial charge in [-0.15, -0.1) is 0 Å². The maximum atomic E-state index is 5.81. The third-order valence-electron chi connectivity index (χ3n) is 5.38. The van der Waals surface area contributed by atoms with Crippen LogP contribution in [0.5, 0.6) is 0 Å². The number of nitrogens with two attached hydrogens (primary N) is 1. The Labute approximate surface area is 107 Å². The Morgan fingerprint density at radius 1 is 1.24 bits per heavy atom. The van der Waals surface area contributed by atoms with Gasteiger partial charge in [-0.25, -0.2) is 0 Å². The van der Waals surface area contributed by atoms with Crippen molar-refractivity contribution < 1.29 is 0 Å². The molecule has 0 amide bonds. The van der Waals surface area contributed by atoms with E-state index in [1.807, 2.05) is 0 Å². The molecule has 2 N–H and O–H groups in total. The zero-order chi connectivity index (χ0) is 12.3. The average Bonchev–Trinajstić information content (AvgIpc) is 2.87. The number of hydrogen-bond acceptors (Lipinski definition) is 1. The molecular weight excluding hydrogens is 206 g/mol. The molecular formula is C16H29N. The van der Waals surface area contributed by atoms with Gasteiger partial charge in [-0.2, -0.15) is 0 Å². The molecule has 0 aliphatic heterocycles. The van der Waals surface area contributed by atoms with Gasteiger partial charge in [-0.1, -0.05) is 32.4 Å². The highest BCUT2D eigenvalue weighted by Gasteiger charge is 2.33. The third-order valence-corrected chi connectivity index (χ3v) is 5.38. The summed E-state index contributed by atoms with van der Waals surface area (Å²) in [5, 5.41) is 0. The summed E-state index contributed by atoms with van der Waals surface area (Å²) in [4.78, 5) is 0. The van der Waals surface area contributed by atoms with Crippen molar-refractivity contribution in [3.63, 3.8) is 0 Å². The highest BCUT2D eigenvalue weighted by Crippen LogP contribution is 2.44. The second kappa shape index (κ2) is 6.04. The molecule has 0 bridgehead atoms. The molecule has 17 heavy (non-hydrogen) atoms. The monoisotopic (exact) mass is 235 g/mol. The summed E-state index contributed by atoms with van der Waals surface area (Å²) in [5.41, 5.74) is 5.81. The van der Waals surface area contributed by atoms with Gasteiger partial charge in [0.15, 0.2) is 0 Å². The maximum absolute atomic E-state index is 5.81. The van der Waals surface area contributed by atoms with E-state index in [0.717, 1.165) is 30.2 Å². The summed E-state index contributed by atoms with van der Waals surface area (Å²) in [5.74, 6) is 4.53. The van der Waals surface area contributed by atoms with Crippen molar-refractivity contribution in [2.75, 3.05) is 6.54 Å². The first-order valence-corrected chi connectivity index (χ1v) is 7.61. The van der Waals surface area contributed by atoms with Gasteiger partial charge in [0.25, 0.3) is 0 Å². The quantitative estimate of drug-likeness (QED) is 0.733. The van der Waals surface area contributed by atoms with Crippen molar-refractivity contribution in [1.29, 1.82) is 0 Å². The Morgan fingerprint density at radius 3 is 2.76 bits per heavy atom. The van der Waals surface area contributed by atoms with Gasteiger partial charge in [0.1, 0.15) is 0 Å². The summed E-state index contributed by atoms with van der Waals surface area (Å²) >= 11 is 0. The number of rotatable bonds is 4. The van der Waals surface area contributed by atoms with E-state index < -0.39 is 0 Å². The highest BCUT2D eigenvalue weighted by atomic mass is 14.5. The smallest absolute Gasteiger partial charge is 0.00141 e. The van der Waals surface area contributed by atoms with E-state index in [4.69, 9.17) is 5.73 Å². The van der Waals surface area contributed by atoms with Crippen molar-refractivity contribution in [3.05, 3.63) is 12.2 Å². The number of allylic oxidation sites excluding steroid dienone is 1. The van der Waals surface area contributed by atoms with Crippen molar-refractivity contribution in [2.24, 2.45) is 35.3 Å². The molecule has 0 heterocycles. The Hall–Kier alpha value is -0.300. The first kappa shape index (κ1) is 13.1. The van der Waals surface area contributed by atoms with Crippen molar-refractivity contribution >= 4 is 0 Å². The summed E-state index contributed by atoms with van der Waals surface area (Å²) in [6.07, 6.45) is 13.2. The molecule has 5 atom stereocenters. The molecule has 1 fully saturated rings. The summed E-state index contributed by atoms with van der Waals surface area (Å²) in [7, 11) is 0. The lowest BCUT2D eigenvalue weighted by atomic mass is 9.77. The topological polar surface area (TPSA) is 26.0 Å². The molecule has 1 nitrogen and oxygen atoms in total. The highest BCUT2D eigenvalue weighted by molar-refractivity contribution is 4.99. The fourth-order valence-electron chi connectivity index (χ4n) is 3.90. The predicted molar refractivity (Wildman–Crippen MR) is 74.7 cm³/mol. The maximum Gasteiger partial charge on any atom is -0.00141 e. The van der Waals surface area contributed by atoms with Gasteiger partial charge in [0.2, 0.25) is 0 Å². The van der Waals surface area contributed by atoms with Gasteiger partial charge >= 0.3 is 0 Å². The van der Waals surface area contributed by atoms with Crippen LogP contribution in [0.3, 0.4) is 0 Å². The lowest BCUT2D eigenvalue weighted by molar-refractivity contribution is 0.260. The van der Waals surface area contributed by atoms with E-state index in [2.05, 4.69) is 26.0 Å². The number of hydrogen-bond donors (Lipinski definition) is 1. The molecule has 0 aromatic rings. The van der Waals surface area contributed by atoms with Crippen LogP contribution in [-0.2, 0) is 0 Å². The Morgan fingerprint density at radius 2 is 2.06 bits per heavy atom. The molecule has 2 rings (SSSR count). The third kappa shape index (κ3) is 3.13. The van der Waals surface area contributed by atoms with Crippen LogP contribution in [0.4, 0.5) is 0 Å². The molecule has 5 unspecified atom stereocenters. The molecule has 0 radical (unpaired) electrons. The van der Waals surface area contributed by atoms with Crippen molar-refractivity contribution in [3.8, 4) is 0 Å². The van der Waals surface area contributed by atoms with Crippen LogP contribution in [0, 0.1) is 29.6 Å². The first-order chi connectivity index (χ1) is 8.24. The van der Waals surface area contributed by atoms with E-state index in [1.165, 1.54) is 38.5 Å². The van der Waals surface area contributed by atoms with E-state index in [1.54, 1.807) is 0 Å². The van der Waals surface area contributed by atoms with Crippen molar-refractivity contribution in [2.45, 2.75) is 52.4 Å². The average molecular weight is 235 g/mol. The van der Waals surface area contributed by atoms with Crippen LogP contribution in [0.25, 0.3) is 0 Å². The van der Waals surface area contributed by atoms with Gasteiger partial charge in [-0.3, -0.25) is 0 Å². The summed E-state index contributed by atoms with van der Waals surface area (Å²) in [6, 6.07) is 0. The molecule has 0 saturated heterocycles. The van der Waals surface area contributed by atoms with Gasteiger partial charge in [0, 0.05) is 0 Å².